The van der Waals surface area contributed by atoms with Crippen molar-refractivity contribution in [3.05, 3.63) is 11.6 Å². The zero-order chi connectivity index (χ0) is 16.8. The third-order valence-electron chi connectivity index (χ3n) is 7.01. The van der Waals surface area contributed by atoms with Crippen LogP contribution in [0.5, 0.6) is 0 Å². The Balaban J connectivity index is 1.84. The summed E-state index contributed by atoms with van der Waals surface area (Å²) in [6, 6.07) is 0.502. The van der Waals surface area contributed by atoms with Gasteiger partial charge >= 0.3 is 5.97 Å². The Bertz CT molecular complexity index is 503. The minimum Gasteiger partial charge on any atom is -0.461 e. The lowest BCUT2D eigenvalue weighted by molar-refractivity contribution is -0.690. The number of nitrogens with two attached hydrogens (primary N) is 1. The quantitative estimate of drug-likeness (QED) is 0.611. The lowest BCUT2D eigenvalue weighted by atomic mass is 9.55. The fraction of sp³-hybridized carbons (Fsp3) is 0.842. The first-order chi connectivity index (χ1) is 10.9. The van der Waals surface area contributed by atoms with E-state index < -0.39 is 6.10 Å². The molecule has 0 spiro atoms. The first-order valence-electron chi connectivity index (χ1n) is 9.31. The predicted molar refractivity (Wildman–Crippen MR) is 88.6 cm³/mol. The van der Waals surface area contributed by atoms with Crippen molar-refractivity contribution in [3.63, 3.8) is 0 Å². The van der Waals surface area contributed by atoms with E-state index in [4.69, 9.17) is 4.74 Å². The number of aliphatic hydroxyl groups is 1. The van der Waals surface area contributed by atoms with Gasteiger partial charge in [0.2, 0.25) is 0 Å². The molecule has 23 heavy (non-hydrogen) atoms. The summed E-state index contributed by atoms with van der Waals surface area (Å²) in [6.07, 6.45) is 5.77. The van der Waals surface area contributed by atoms with E-state index >= 15 is 0 Å². The van der Waals surface area contributed by atoms with Gasteiger partial charge in [0, 0.05) is 17.8 Å². The molecule has 4 nitrogen and oxygen atoms in total. The van der Waals surface area contributed by atoms with Gasteiger partial charge < -0.3 is 15.2 Å². The molecule has 2 fully saturated rings. The molecule has 0 aromatic heterocycles. The number of allylic oxidation sites excluding steroid dienone is 1. The number of carbonyl (C=O) groups excluding carboxylic acids is 1. The van der Waals surface area contributed by atoms with Crippen molar-refractivity contribution in [3.8, 4) is 0 Å². The monoisotopic (exact) mass is 322 g/mol. The van der Waals surface area contributed by atoms with E-state index in [0.717, 1.165) is 32.2 Å². The topological polar surface area (TPSA) is 63.1 Å². The van der Waals surface area contributed by atoms with E-state index in [2.05, 4.69) is 39.1 Å². The number of hydrogen-bond donors (Lipinski definition) is 2. The van der Waals surface area contributed by atoms with Crippen LogP contribution in [-0.2, 0) is 9.53 Å². The molecule has 0 unspecified atom stereocenters. The Morgan fingerprint density at radius 3 is 2.96 bits per heavy atom. The van der Waals surface area contributed by atoms with Crippen LogP contribution in [0.1, 0.15) is 53.4 Å². The highest BCUT2D eigenvalue weighted by atomic mass is 16.6. The van der Waals surface area contributed by atoms with Gasteiger partial charge in [-0.1, -0.05) is 32.4 Å². The van der Waals surface area contributed by atoms with E-state index in [1.54, 1.807) is 0 Å². The summed E-state index contributed by atoms with van der Waals surface area (Å²) in [5, 5.41) is 13.5. The van der Waals surface area contributed by atoms with Crippen molar-refractivity contribution in [1.29, 1.82) is 0 Å². The van der Waals surface area contributed by atoms with Gasteiger partial charge in [0.1, 0.15) is 12.0 Å². The number of esters is 1. The summed E-state index contributed by atoms with van der Waals surface area (Å²) in [5.41, 5.74) is 1.12. The normalized spacial score (nSPS) is 44.1. The molecule has 1 saturated carbocycles. The lowest BCUT2D eigenvalue weighted by Crippen LogP contribution is -2.90. The molecule has 1 aliphatic heterocycles. The molecule has 1 saturated heterocycles. The number of carbonyl (C=O) groups is 1. The Hall–Kier alpha value is -0.870. The van der Waals surface area contributed by atoms with Crippen LogP contribution in [0.15, 0.2) is 11.6 Å². The van der Waals surface area contributed by atoms with Gasteiger partial charge in [-0.05, 0) is 32.1 Å². The molecule has 2 aliphatic carbocycles. The maximum absolute atomic E-state index is 12.4. The highest BCUT2D eigenvalue weighted by molar-refractivity contribution is 5.76. The van der Waals surface area contributed by atoms with Gasteiger partial charge in [-0.15, -0.1) is 0 Å². The highest BCUT2D eigenvalue weighted by Crippen LogP contribution is 2.55. The number of hydrogen-bond acceptors (Lipinski definition) is 3. The third kappa shape index (κ3) is 2.64. The van der Waals surface area contributed by atoms with Gasteiger partial charge in [0.15, 0.2) is 0 Å². The average Bonchev–Trinajstić information content (AvgIpc) is 2.83. The van der Waals surface area contributed by atoms with E-state index in [0.29, 0.717) is 12.0 Å². The summed E-state index contributed by atoms with van der Waals surface area (Å²) in [6.45, 7) is 9.51. The Morgan fingerprint density at radius 1 is 1.52 bits per heavy atom. The molecule has 0 aromatic rings. The molecule has 0 radical (unpaired) electrons. The fourth-order valence-corrected chi connectivity index (χ4v) is 4.88. The SMILES string of the molecule is CC[C@H](C)[NH2+]C[C@@H]1C(=O)O[C@H]2CC3=CCC[C@H](C)[C@]3(C)[C@@H](O)[C@@H]21. The van der Waals surface area contributed by atoms with Crippen molar-refractivity contribution in [2.45, 2.75) is 71.6 Å². The fourth-order valence-electron chi connectivity index (χ4n) is 4.88. The minimum atomic E-state index is -0.482. The van der Waals surface area contributed by atoms with Gasteiger partial charge in [-0.2, -0.15) is 0 Å². The molecule has 3 N–H and O–H groups in total. The second-order valence-electron chi connectivity index (χ2n) is 8.16. The minimum absolute atomic E-state index is 0.0505. The molecular formula is C19H32NO3+. The molecule has 7 atom stereocenters. The average molecular weight is 322 g/mol. The standard InChI is InChI=1S/C19H31NO3/c1-5-12(3)20-10-14-16-15(23-18(14)22)9-13-8-6-7-11(2)19(13,4)17(16)21/h8,11-12,14-17,20-21H,5-7,9-10H2,1-4H3/p+1/t11-,12-,14-,15-,16+,17-,19-/m0/s1. The van der Waals surface area contributed by atoms with Crippen LogP contribution < -0.4 is 5.32 Å². The molecule has 3 rings (SSSR count). The van der Waals surface area contributed by atoms with Gasteiger partial charge in [0.25, 0.3) is 0 Å². The number of quaternary nitrogens is 1. The van der Waals surface area contributed by atoms with Crippen LogP contribution >= 0.6 is 0 Å². The largest absolute Gasteiger partial charge is 0.461 e. The van der Waals surface area contributed by atoms with Crippen molar-refractivity contribution in [2.75, 3.05) is 6.54 Å². The predicted octanol–water partition coefficient (Wildman–Crippen LogP) is 1.63. The van der Waals surface area contributed by atoms with Crippen molar-refractivity contribution in [1.82, 2.24) is 0 Å². The van der Waals surface area contributed by atoms with Gasteiger partial charge in [0.05, 0.1) is 18.7 Å². The van der Waals surface area contributed by atoms with Gasteiger partial charge in [-0.25, -0.2) is 0 Å². The van der Waals surface area contributed by atoms with Crippen molar-refractivity contribution >= 4 is 5.97 Å². The van der Waals surface area contributed by atoms with Gasteiger partial charge in [-0.3, -0.25) is 4.79 Å². The van der Waals surface area contributed by atoms with Crippen LogP contribution in [0, 0.1) is 23.2 Å². The maximum atomic E-state index is 12.4. The molecule has 0 aromatic carbocycles. The van der Waals surface area contributed by atoms with E-state index in [9.17, 15) is 9.90 Å². The van der Waals surface area contributed by atoms with Crippen LogP contribution in [0.2, 0.25) is 0 Å². The number of aliphatic hydroxyl groups excluding tert-OH is 1. The number of rotatable bonds is 4. The lowest BCUT2D eigenvalue weighted by Gasteiger charge is -2.51. The van der Waals surface area contributed by atoms with E-state index in [1.807, 2.05) is 0 Å². The van der Waals surface area contributed by atoms with Crippen LogP contribution in [0.3, 0.4) is 0 Å². The zero-order valence-electron chi connectivity index (χ0n) is 14.9. The Labute approximate surface area is 139 Å². The summed E-state index contributed by atoms with van der Waals surface area (Å²) in [7, 11) is 0. The molecule has 1 heterocycles. The van der Waals surface area contributed by atoms with Crippen molar-refractivity contribution < 1.29 is 20.0 Å². The number of fused-ring (bicyclic) bond motifs is 2. The van der Waals surface area contributed by atoms with Crippen molar-refractivity contribution in [2.24, 2.45) is 23.2 Å². The van der Waals surface area contributed by atoms with Crippen LogP contribution in [0.25, 0.3) is 0 Å². The molecule has 3 aliphatic rings. The Morgan fingerprint density at radius 2 is 2.26 bits per heavy atom. The second kappa shape index (κ2) is 6.21. The molecule has 0 bridgehead atoms. The third-order valence-corrected chi connectivity index (χ3v) is 7.01. The smallest absolute Gasteiger partial charge is 0.315 e. The number of ether oxygens (including phenoxy) is 1. The van der Waals surface area contributed by atoms with Crippen LogP contribution in [-0.4, -0.2) is 35.9 Å². The summed E-state index contributed by atoms with van der Waals surface area (Å²) in [4.78, 5) is 12.4. The van der Waals surface area contributed by atoms with Crippen LogP contribution in [0.4, 0.5) is 0 Å². The van der Waals surface area contributed by atoms with E-state index in [1.165, 1.54) is 5.57 Å². The molecule has 0 amide bonds. The summed E-state index contributed by atoms with van der Waals surface area (Å²) < 4.78 is 5.68. The summed E-state index contributed by atoms with van der Waals surface area (Å²) >= 11 is 0. The first kappa shape index (κ1) is 17.0. The highest BCUT2D eigenvalue weighted by Gasteiger charge is 2.60. The molecule has 4 heteroatoms. The zero-order valence-corrected chi connectivity index (χ0v) is 14.9. The van der Waals surface area contributed by atoms with E-state index in [-0.39, 0.29) is 29.3 Å². The Kier molecular flexibility index (Phi) is 4.58. The summed E-state index contributed by atoms with van der Waals surface area (Å²) in [5.74, 6) is 0.129. The maximum Gasteiger partial charge on any atom is 0.315 e. The molecular weight excluding hydrogens is 290 g/mol. The second-order valence-corrected chi connectivity index (χ2v) is 8.16. The first-order valence-corrected chi connectivity index (χ1v) is 9.31. The molecule has 130 valence electrons.